The van der Waals surface area contributed by atoms with Gasteiger partial charge in [0.15, 0.2) is 11.6 Å². The van der Waals surface area contributed by atoms with E-state index in [4.69, 9.17) is 11.5 Å². The summed E-state index contributed by atoms with van der Waals surface area (Å²) in [7, 11) is 0. The van der Waals surface area contributed by atoms with E-state index in [1.165, 1.54) is 0 Å². The second-order valence-electron chi connectivity index (χ2n) is 9.58. The Morgan fingerprint density at radius 3 is 1.38 bits per heavy atom. The first kappa shape index (κ1) is 24.7. The SMILES string of the molecule is Nc1cc(-c2ccc(N/C=C3\C(=O)C=Cc4ccccc43)c(N)c2)ccc1N/C=C1\C(=O)C=Cc2ccccc21. The number of hydrogen-bond donors (Lipinski definition) is 4. The van der Waals surface area contributed by atoms with Crippen molar-refractivity contribution in [1.82, 2.24) is 0 Å². The molecule has 2 aliphatic carbocycles. The van der Waals surface area contributed by atoms with E-state index in [0.29, 0.717) is 33.9 Å². The lowest BCUT2D eigenvalue weighted by Gasteiger charge is -2.15. The van der Waals surface area contributed by atoms with E-state index in [9.17, 15) is 9.59 Å². The average Bonchev–Trinajstić information content (AvgIpc) is 2.97. The number of nitrogen functional groups attached to an aromatic ring is 2. The lowest BCUT2D eigenvalue weighted by molar-refractivity contribution is -0.110. The van der Waals surface area contributed by atoms with Crippen LogP contribution in [0.25, 0.3) is 34.4 Å². The minimum atomic E-state index is -0.0604. The van der Waals surface area contributed by atoms with Crippen LogP contribution < -0.4 is 22.1 Å². The van der Waals surface area contributed by atoms with Gasteiger partial charge < -0.3 is 22.1 Å². The van der Waals surface area contributed by atoms with Crippen LogP contribution in [0, 0.1) is 0 Å². The molecule has 0 bridgehead atoms. The monoisotopic (exact) mass is 522 g/mol. The van der Waals surface area contributed by atoms with Gasteiger partial charge in [-0.1, -0.05) is 72.8 Å². The van der Waals surface area contributed by atoms with Crippen molar-refractivity contribution in [2.45, 2.75) is 0 Å². The van der Waals surface area contributed by atoms with Crippen molar-refractivity contribution >= 4 is 57.6 Å². The topological polar surface area (TPSA) is 110 Å². The summed E-state index contributed by atoms with van der Waals surface area (Å²) in [5.41, 5.74) is 21.9. The number of hydrogen-bond acceptors (Lipinski definition) is 6. The molecule has 0 fully saturated rings. The number of carbonyl (C=O) groups is 2. The van der Waals surface area contributed by atoms with Crippen LogP contribution >= 0.6 is 0 Å². The first-order chi connectivity index (χ1) is 19.5. The van der Waals surface area contributed by atoms with Gasteiger partial charge in [-0.15, -0.1) is 0 Å². The molecule has 0 atom stereocenters. The lowest BCUT2D eigenvalue weighted by Crippen LogP contribution is -2.07. The maximum Gasteiger partial charge on any atom is 0.187 e. The van der Waals surface area contributed by atoms with E-state index in [1.54, 1.807) is 24.6 Å². The molecule has 2 aliphatic rings. The van der Waals surface area contributed by atoms with Crippen LogP contribution in [0.3, 0.4) is 0 Å². The Kier molecular flexibility index (Phi) is 6.34. The summed E-state index contributed by atoms with van der Waals surface area (Å²) < 4.78 is 0. The Balaban J connectivity index is 1.20. The molecule has 6 heteroatoms. The molecule has 40 heavy (non-hydrogen) atoms. The molecular formula is C34H26N4O2. The second kappa shape index (κ2) is 10.3. The second-order valence-corrected chi connectivity index (χ2v) is 9.58. The number of benzene rings is 4. The van der Waals surface area contributed by atoms with Crippen LogP contribution in [0.5, 0.6) is 0 Å². The molecule has 0 radical (unpaired) electrons. The molecule has 0 saturated carbocycles. The fourth-order valence-electron chi connectivity index (χ4n) is 4.90. The van der Waals surface area contributed by atoms with Crippen LogP contribution in [0.15, 0.2) is 109 Å². The van der Waals surface area contributed by atoms with Crippen molar-refractivity contribution < 1.29 is 9.59 Å². The van der Waals surface area contributed by atoms with Gasteiger partial charge in [0.1, 0.15) is 0 Å². The van der Waals surface area contributed by atoms with Crippen molar-refractivity contribution in [2.75, 3.05) is 22.1 Å². The van der Waals surface area contributed by atoms with Gasteiger partial charge in [0, 0.05) is 23.5 Å². The van der Waals surface area contributed by atoms with Crippen LogP contribution in [0.2, 0.25) is 0 Å². The van der Waals surface area contributed by atoms with Crippen LogP contribution in [-0.4, -0.2) is 11.6 Å². The van der Waals surface area contributed by atoms with Gasteiger partial charge in [-0.2, -0.15) is 0 Å². The summed E-state index contributed by atoms with van der Waals surface area (Å²) in [6.07, 6.45) is 10.2. The Labute approximate surface area is 232 Å². The molecule has 0 unspecified atom stereocenters. The minimum absolute atomic E-state index is 0.0604. The number of allylic oxidation sites excluding steroid dienone is 4. The summed E-state index contributed by atoms with van der Waals surface area (Å²) in [4.78, 5) is 25.0. The van der Waals surface area contributed by atoms with Gasteiger partial charge in [0.05, 0.1) is 22.7 Å². The standard InChI is InChI=1S/C34H26N4O2/c35-29-17-23(9-13-31(29)37-19-27-25-7-3-1-5-21(25)11-15-33(27)39)24-10-14-32(30(36)18-24)38-20-28-26-8-4-2-6-22(26)12-16-34(28)40/h1-20,37-38H,35-36H2/b27-19-,28-20-. The number of carbonyl (C=O) groups excluding carboxylic acids is 2. The fourth-order valence-corrected chi connectivity index (χ4v) is 4.90. The highest BCUT2D eigenvalue weighted by molar-refractivity contribution is 6.30. The van der Waals surface area contributed by atoms with E-state index in [2.05, 4.69) is 10.6 Å². The molecule has 0 aliphatic heterocycles. The molecule has 4 aromatic carbocycles. The number of fused-ring (bicyclic) bond motifs is 2. The zero-order valence-corrected chi connectivity index (χ0v) is 21.5. The third-order valence-electron chi connectivity index (χ3n) is 7.04. The highest BCUT2D eigenvalue weighted by Crippen LogP contribution is 2.33. The van der Waals surface area contributed by atoms with Gasteiger partial charge >= 0.3 is 0 Å². The highest BCUT2D eigenvalue weighted by Gasteiger charge is 2.18. The van der Waals surface area contributed by atoms with Gasteiger partial charge in [-0.3, -0.25) is 9.59 Å². The lowest BCUT2D eigenvalue weighted by atomic mass is 9.92. The van der Waals surface area contributed by atoms with Crippen molar-refractivity contribution in [3.63, 3.8) is 0 Å². The van der Waals surface area contributed by atoms with E-state index < -0.39 is 0 Å². The molecule has 4 aromatic rings. The van der Waals surface area contributed by atoms with Crippen LogP contribution in [-0.2, 0) is 9.59 Å². The van der Waals surface area contributed by atoms with Crippen molar-refractivity contribution in [3.05, 3.63) is 132 Å². The molecule has 0 saturated heterocycles. The van der Waals surface area contributed by atoms with E-state index in [-0.39, 0.29) is 11.6 Å². The zero-order chi connectivity index (χ0) is 27.6. The number of nitrogens with two attached hydrogens (primary N) is 2. The first-order valence-electron chi connectivity index (χ1n) is 12.8. The normalized spacial score (nSPS) is 15.7. The molecule has 6 N–H and O–H groups in total. The Morgan fingerprint density at radius 2 is 0.950 bits per heavy atom. The predicted octanol–water partition coefficient (Wildman–Crippen LogP) is 6.62. The number of ketones is 2. The van der Waals surface area contributed by atoms with Crippen LogP contribution in [0.4, 0.5) is 22.7 Å². The third kappa shape index (κ3) is 4.70. The molecular weight excluding hydrogens is 496 g/mol. The third-order valence-corrected chi connectivity index (χ3v) is 7.04. The van der Waals surface area contributed by atoms with E-state index in [1.807, 2.05) is 97.1 Å². The first-order valence-corrected chi connectivity index (χ1v) is 12.8. The summed E-state index contributed by atoms with van der Waals surface area (Å²) in [5, 5.41) is 6.39. The smallest absolute Gasteiger partial charge is 0.187 e. The van der Waals surface area contributed by atoms with Gasteiger partial charge in [-0.25, -0.2) is 0 Å². The van der Waals surface area contributed by atoms with E-state index in [0.717, 1.165) is 33.4 Å². The largest absolute Gasteiger partial charge is 0.397 e. The molecule has 0 aromatic heterocycles. The summed E-state index contributed by atoms with van der Waals surface area (Å²) in [6.45, 7) is 0. The summed E-state index contributed by atoms with van der Waals surface area (Å²) in [5.74, 6) is -0.121. The Bertz CT molecular complexity index is 1680. The molecule has 6 rings (SSSR count). The van der Waals surface area contributed by atoms with Crippen LogP contribution in [0.1, 0.15) is 22.3 Å². The minimum Gasteiger partial charge on any atom is -0.397 e. The predicted molar refractivity (Wildman–Crippen MR) is 165 cm³/mol. The maximum atomic E-state index is 12.5. The van der Waals surface area contributed by atoms with Crippen molar-refractivity contribution in [2.24, 2.45) is 0 Å². The maximum absolute atomic E-state index is 12.5. The molecule has 0 heterocycles. The van der Waals surface area contributed by atoms with Gasteiger partial charge in [0.2, 0.25) is 0 Å². The quantitative estimate of drug-likeness (QED) is 0.173. The Hall–Kier alpha value is -5.62. The molecule has 6 nitrogen and oxygen atoms in total. The van der Waals surface area contributed by atoms with E-state index >= 15 is 0 Å². The number of nitrogens with one attached hydrogen (secondary N) is 2. The van der Waals surface area contributed by atoms with Gasteiger partial charge in [-0.05, 0) is 69.8 Å². The summed E-state index contributed by atoms with van der Waals surface area (Å²) in [6, 6.07) is 26.9. The highest BCUT2D eigenvalue weighted by atomic mass is 16.1. The molecule has 194 valence electrons. The Morgan fingerprint density at radius 1 is 0.525 bits per heavy atom. The summed E-state index contributed by atoms with van der Waals surface area (Å²) >= 11 is 0. The molecule has 0 spiro atoms. The molecule has 0 amide bonds. The zero-order valence-electron chi connectivity index (χ0n) is 21.5. The number of anilines is 4. The average molecular weight is 523 g/mol. The van der Waals surface area contributed by atoms with Crippen molar-refractivity contribution in [1.29, 1.82) is 0 Å². The fraction of sp³-hybridized carbons (Fsp3) is 0. The number of rotatable bonds is 5. The van der Waals surface area contributed by atoms with Crippen molar-refractivity contribution in [3.8, 4) is 11.1 Å². The van der Waals surface area contributed by atoms with Gasteiger partial charge in [0.25, 0.3) is 0 Å².